The third-order valence-corrected chi connectivity index (χ3v) is 2.06. The lowest BCUT2D eigenvalue weighted by Gasteiger charge is -2.06. The van der Waals surface area contributed by atoms with E-state index >= 15 is 0 Å². The first-order chi connectivity index (χ1) is 7.15. The smallest absolute Gasteiger partial charge is 0.219 e. The van der Waals surface area contributed by atoms with Crippen LogP contribution in [-0.2, 0) is 4.79 Å². The summed E-state index contributed by atoms with van der Waals surface area (Å²) in [5, 5.41) is 11.8. The number of amides is 1. The quantitative estimate of drug-likeness (QED) is 0.795. The van der Waals surface area contributed by atoms with Crippen LogP contribution >= 0.6 is 11.6 Å². The SMILES string of the molecule is N#Cc1ccnc(NCCC(N)=O)c1Cl. The van der Waals surface area contributed by atoms with E-state index in [9.17, 15) is 4.79 Å². The van der Waals surface area contributed by atoms with Gasteiger partial charge < -0.3 is 11.1 Å². The Labute approximate surface area is 91.9 Å². The summed E-state index contributed by atoms with van der Waals surface area (Å²) in [7, 11) is 0. The minimum atomic E-state index is -0.407. The Morgan fingerprint density at radius 3 is 3.07 bits per heavy atom. The minimum Gasteiger partial charge on any atom is -0.370 e. The molecule has 0 aromatic carbocycles. The summed E-state index contributed by atoms with van der Waals surface area (Å²) in [6, 6.07) is 3.45. The van der Waals surface area contributed by atoms with Crippen LogP contribution in [0.4, 0.5) is 5.82 Å². The number of aromatic nitrogens is 1. The molecule has 5 nitrogen and oxygen atoms in total. The van der Waals surface area contributed by atoms with E-state index in [4.69, 9.17) is 22.6 Å². The Hall–Kier alpha value is -1.80. The monoisotopic (exact) mass is 224 g/mol. The molecule has 0 fully saturated rings. The number of carbonyl (C=O) groups excluding carboxylic acids is 1. The first kappa shape index (κ1) is 11.3. The number of carbonyl (C=O) groups is 1. The molecule has 3 N–H and O–H groups in total. The van der Waals surface area contributed by atoms with Crippen LogP contribution in [-0.4, -0.2) is 17.4 Å². The van der Waals surface area contributed by atoms with Crippen LogP contribution in [0.25, 0.3) is 0 Å². The van der Waals surface area contributed by atoms with Crippen LogP contribution < -0.4 is 11.1 Å². The van der Waals surface area contributed by atoms with Crippen LogP contribution in [0.3, 0.4) is 0 Å². The molecule has 0 aliphatic rings. The molecule has 0 aliphatic carbocycles. The second-order valence-corrected chi connectivity index (χ2v) is 3.15. The van der Waals surface area contributed by atoms with Gasteiger partial charge in [0.25, 0.3) is 0 Å². The summed E-state index contributed by atoms with van der Waals surface area (Å²) in [5.41, 5.74) is 5.31. The molecule has 1 heterocycles. The fourth-order valence-corrected chi connectivity index (χ4v) is 1.18. The van der Waals surface area contributed by atoms with Crippen molar-refractivity contribution in [2.24, 2.45) is 5.73 Å². The average Bonchev–Trinajstić information content (AvgIpc) is 2.20. The van der Waals surface area contributed by atoms with E-state index in [1.807, 2.05) is 6.07 Å². The highest BCUT2D eigenvalue weighted by atomic mass is 35.5. The Kier molecular flexibility index (Phi) is 3.89. The molecule has 0 aliphatic heterocycles. The van der Waals surface area contributed by atoms with E-state index in [1.165, 1.54) is 12.3 Å². The molecular weight excluding hydrogens is 216 g/mol. The average molecular weight is 225 g/mol. The number of nitrogens with one attached hydrogen (secondary N) is 1. The van der Waals surface area contributed by atoms with Gasteiger partial charge in [-0.15, -0.1) is 0 Å². The van der Waals surface area contributed by atoms with Gasteiger partial charge in [-0.3, -0.25) is 4.79 Å². The molecule has 15 heavy (non-hydrogen) atoms. The van der Waals surface area contributed by atoms with Gasteiger partial charge in [-0.1, -0.05) is 11.6 Å². The first-order valence-corrected chi connectivity index (χ1v) is 4.59. The van der Waals surface area contributed by atoms with Crippen LogP contribution in [0.5, 0.6) is 0 Å². The molecule has 0 bridgehead atoms. The molecule has 6 heteroatoms. The summed E-state index contributed by atoms with van der Waals surface area (Å²) in [4.78, 5) is 14.4. The summed E-state index contributed by atoms with van der Waals surface area (Å²) < 4.78 is 0. The molecule has 1 aromatic heterocycles. The van der Waals surface area contributed by atoms with E-state index in [0.29, 0.717) is 17.9 Å². The number of rotatable bonds is 4. The molecule has 0 radical (unpaired) electrons. The van der Waals surface area contributed by atoms with E-state index in [-0.39, 0.29) is 11.4 Å². The van der Waals surface area contributed by atoms with Gasteiger partial charge in [-0.05, 0) is 6.07 Å². The summed E-state index contributed by atoms with van der Waals surface area (Å²) in [5.74, 6) is -0.0213. The third-order valence-electron chi connectivity index (χ3n) is 1.67. The Morgan fingerprint density at radius 2 is 2.47 bits per heavy atom. The van der Waals surface area contributed by atoms with Gasteiger partial charge in [0.2, 0.25) is 5.91 Å². The van der Waals surface area contributed by atoms with Gasteiger partial charge in [0.05, 0.1) is 5.56 Å². The predicted octanol–water partition coefficient (Wildman–Crippen LogP) is 0.894. The van der Waals surface area contributed by atoms with Crippen LogP contribution in [0, 0.1) is 11.3 Å². The molecular formula is C9H9ClN4O. The lowest BCUT2D eigenvalue weighted by Crippen LogP contribution is -2.16. The number of nitriles is 1. The normalized spacial score (nSPS) is 9.33. The maximum atomic E-state index is 10.5. The molecule has 0 atom stereocenters. The Bertz CT molecular complexity index is 413. The van der Waals surface area contributed by atoms with Crippen molar-refractivity contribution in [3.63, 3.8) is 0 Å². The van der Waals surface area contributed by atoms with Crippen LogP contribution in [0.15, 0.2) is 12.3 Å². The maximum Gasteiger partial charge on any atom is 0.219 e. The lowest BCUT2D eigenvalue weighted by atomic mass is 10.3. The zero-order valence-corrected chi connectivity index (χ0v) is 8.58. The summed E-state index contributed by atoms with van der Waals surface area (Å²) >= 11 is 5.86. The summed E-state index contributed by atoms with van der Waals surface area (Å²) in [6.45, 7) is 0.344. The van der Waals surface area contributed by atoms with Crippen molar-refractivity contribution < 1.29 is 4.79 Å². The number of halogens is 1. The number of primary amides is 1. The fraction of sp³-hybridized carbons (Fsp3) is 0.222. The van der Waals surface area contributed by atoms with Crippen molar-refractivity contribution in [2.75, 3.05) is 11.9 Å². The van der Waals surface area contributed by atoms with E-state index in [2.05, 4.69) is 10.3 Å². The minimum absolute atomic E-state index is 0.189. The van der Waals surface area contributed by atoms with Gasteiger partial charge in [0, 0.05) is 19.2 Å². The first-order valence-electron chi connectivity index (χ1n) is 4.22. The van der Waals surface area contributed by atoms with Crippen molar-refractivity contribution in [1.29, 1.82) is 5.26 Å². The number of nitrogens with two attached hydrogens (primary N) is 1. The zero-order chi connectivity index (χ0) is 11.3. The molecule has 1 aromatic rings. The lowest BCUT2D eigenvalue weighted by molar-refractivity contribution is -0.117. The van der Waals surface area contributed by atoms with Gasteiger partial charge >= 0.3 is 0 Å². The Balaban J connectivity index is 2.70. The number of nitrogens with zero attached hydrogens (tertiary/aromatic N) is 2. The second kappa shape index (κ2) is 5.17. The van der Waals surface area contributed by atoms with E-state index < -0.39 is 5.91 Å². The van der Waals surface area contributed by atoms with Gasteiger partial charge in [-0.25, -0.2) is 4.98 Å². The summed E-state index contributed by atoms with van der Waals surface area (Å²) in [6.07, 6.45) is 1.66. The van der Waals surface area contributed by atoms with Crippen molar-refractivity contribution in [2.45, 2.75) is 6.42 Å². The van der Waals surface area contributed by atoms with Crippen molar-refractivity contribution >= 4 is 23.3 Å². The fourth-order valence-electron chi connectivity index (χ4n) is 0.957. The number of hydrogen-bond donors (Lipinski definition) is 2. The number of hydrogen-bond acceptors (Lipinski definition) is 4. The van der Waals surface area contributed by atoms with Crippen LogP contribution in [0.2, 0.25) is 5.02 Å². The van der Waals surface area contributed by atoms with Crippen molar-refractivity contribution in [3.8, 4) is 6.07 Å². The van der Waals surface area contributed by atoms with Crippen LogP contribution in [0.1, 0.15) is 12.0 Å². The van der Waals surface area contributed by atoms with E-state index in [1.54, 1.807) is 0 Å². The second-order valence-electron chi connectivity index (χ2n) is 2.78. The molecule has 0 unspecified atom stereocenters. The molecule has 0 saturated heterocycles. The van der Waals surface area contributed by atoms with Crippen molar-refractivity contribution in [1.82, 2.24) is 4.98 Å². The predicted molar refractivity (Wildman–Crippen MR) is 56.3 cm³/mol. The Morgan fingerprint density at radius 1 is 1.73 bits per heavy atom. The van der Waals surface area contributed by atoms with Gasteiger partial charge in [-0.2, -0.15) is 5.26 Å². The van der Waals surface area contributed by atoms with Gasteiger partial charge in [0.15, 0.2) is 0 Å². The highest BCUT2D eigenvalue weighted by Gasteiger charge is 2.06. The van der Waals surface area contributed by atoms with E-state index in [0.717, 1.165) is 0 Å². The number of pyridine rings is 1. The largest absolute Gasteiger partial charge is 0.370 e. The molecule has 0 saturated carbocycles. The maximum absolute atomic E-state index is 10.5. The highest BCUT2D eigenvalue weighted by Crippen LogP contribution is 2.22. The topological polar surface area (TPSA) is 91.8 Å². The molecule has 0 spiro atoms. The highest BCUT2D eigenvalue weighted by molar-refractivity contribution is 6.34. The molecule has 1 rings (SSSR count). The zero-order valence-electron chi connectivity index (χ0n) is 7.83. The number of anilines is 1. The third kappa shape index (κ3) is 3.11. The molecule has 1 amide bonds. The molecule has 78 valence electrons. The van der Waals surface area contributed by atoms with Gasteiger partial charge in [0.1, 0.15) is 16.9 Å². The standard InChI is InChI=1S/C9H9ClN4O/c10-8-6(5-11)1-3-13-9(8)14-4-2-7(12)15/h1,3H,2,4H2,(H2,12,15)(H,13,14). The van der Waals surface area contributed by atoms with Crippen molar-refractivity contribution in [3.05, 3.63) is 22.8 Å².